The molecule has 6 nitrogen and oxygen atoms in total. The number of hydrogen-bond donors (Lipinski definition) is 0. The van der Waals surface area contributed by atoms with Gasteiger partial charge in [0.25, 0.3) is 0 Å². The predicted molar refractivity (Wildman–Crippen MR) is 166 cm³/mol. The molecule has 43 heavy (non-hydrogen) atoms. The van der Waals surface area contributed by atoms with Gasteiger partial charge < -0.3 is 18.9 Å². The van der Waals surface area contributed by atoms with Crippen LogP contribution in [0.3, 0.4) is 0 Å². The fraction of sp³-hybridized carbons (Fsp3) is 0.243. The summed E-state index contributed by atoms with van der Waals surface area (Å²) in [5.41, 5.74) is 3.48. The van der Waals surface area contributed by atoms with E-state index in [0.29, 0.717) is 29.6 Å². The number of fused-ring (bicyclic) bond motifs is 5. The largest absolute Gasteiger partial charge is 0.497 e. The summed E-state index contributed by atoms with van der Waals surface area (Å²) in [6.07, 6.45) is 2.99. The fourth-order valence-electron chi connectivity index (χ4n) is 6.68. The van der Waals surface area contributed by atoms with Crippen LogP contribution in [0.15, 0.2) is 104 Å². The van der Waals surface area contributed by atoms with Crippen molar-refractivity contribution in [3.63, 3.8) is 0 Å². The van der Waals surface area contributed by atoms with Crippen molar-refractivity contribution in [2.24, 2.45) is 0 Å². The summed E-state index contributed by atoms with van der Waals surface area (Å²) in [4.78, 5) is 25.3. The van der Waals surface area contributed by atoms with Crippen molar-refractivity contribution >= 4 is 11.9 Å². The van der Waals surface area contributed by atoms with Crippen LogP contribution in [-0.2, 0) is 20.4 Å². The highest BCUT2D eigenvalue weighted by Crippen LogP contribution is 2.56. The maximum atomic E-state index is 12.7. The minimum absolute atomic E-state index is 0. The maximum Gasteiger partial charge on any atom is 0.326 e. The summed E-state index contributed by atoms with van der Waals surface area (Å²) in [7, 11) is 3.24. The Bertz CT molecular complexity index is 1690. The fourth-order valence-corrected chi connectivity index (χ4v) is 6.68. The Morgan fingerprint density at radius 2 is 1.37 bits per heavy atom. The zero-order valence-corrected chi connectivity index (χ0v) is 23.9. The van der Waals surface area contributed by atoms with E-state index >= 15 is 0 Å². The van der Waals surface area contributed by atoms with E-state index in [-0.39, 0.29) is 19.4 Å². The molecule has 3 aliphatic rings. The molecule has 220 valence electrons. The summed E-state index contributed by atoms with van der Waals surface area (Å²) in [6.45, 7) is 5.97. The number of carbonyl (C=O) groups is 2. The van der Waals surface area contributed by atoms with Gasteiger partial charge in [-0.3, -0.25) is 9.59 Å². The number of rotatable bonds is 5. The number of methoxy groups -OCH3 is 2. The molecule has 2 heterocycles. The normalized spacial score (nSPS) is 22.2. The van der Waals surface area contributed by atoms with Crippen molar-refractivity contribution in [1.82, 2.24) is 0 Å². The monoisotopic (exact) mass is 576 g/mol. The van der Waals surface area contributed by atoms with Crippen molar-refractivity contribution < 1.29 is 28.5 Å². The Hall–Kier alpha value is -4.84. The summed E-state index contributed by atoms with van der Waals surface area (Å²) in [6, 6.07) is 28.9. The van der Waals surface area contributed by atoms with E-state index in [1.165, 1.54) is 5.56 Å². The SMILES string of the molecule is C.C=CCC1(c2ccccc2)C(=O)Oc2ccc(OC)cc21.COc1ccc2c(c1)C1(CC(C)c3ccccc31)C(=O)O2. The van der Waals surface area contributed by atoms with E-state index in [9.17, 15) is 9.59 Å². The molecule has 0 bridgehead atoms. The lowest BCUT2D eigenvalue weighted by Crippen LogP contribution is -2.34. The Morgan fingerprint density at radius 3 is 2.02 bits per heavy atom. The van der Waals surface area contributed by atoms with Gasteiger partial charge >= 0.3 is 11.9 Å². The van der Waals surface area contributed by atoms with Crippen molar-refractivity contribution in [3.05, 3.63) is 131 Å². The van der Waals surface area contributed by atoms with Gasteiger partial charge in [0.2, 0.25) is 0 Å². The third kappa shape index (κ3) is 4.49. The van der Waals surface area contributed by atoms with Gasteiger partial charge in [-0.2, -0.15) is 0 Å². The maximum absolute atomic E-state index is 12.7. The number of ether oxygens (including phenoxy) is 4. The molecule has 0 fully saturated rings. The zero-order valence-electron chi connectivity index (χ0n) is 23.9. The molecule has 0 saturated heterocycles. The number of esters is 2. The molecule has 3 atom stereocenters. The van der Waals surface area contributed by atoms with Crippen LogP contribution in [0.1, 0.15) is 60.9 Å². The van der Waals surface area contributed by atoms with E-state index in [1.54, 1.807) is 32.4 Å². The summed E-state index contributed by atoms with van der Waals surface area (Å²) < 4.78 is 21.7. The molecular weight excluding hydrogens is 540 g/mol. The van der Waals surface area contributed by atoms with Gasteiger partial charge in [-0.1, -0.05) is 75.0 Å². The Kier molecular flexibility index (Phi) is 7.89. The average molecular weight is 577 g/mol. The first-order valence-corrected chi connectivity index (χ1v) is 14.0. The lowest BCUT2D eigenvalue weighted by molar-refractivity contribution is -0.137. The molecule has 0 saturated carbocycles. The molecule has 0 aromatic heterocycles. The van der Waals surface area contributed by atoms with E-state index < -0.39 is 10.8 Å². The van der Waals surface area contributed by atoms with Crippen molar-refractivity contribution in [2.75, 3.05) is 14.2 Å². The minimum Gasteiger partial charge on any atom is -0.497 e. The van der Waals surface area contributed by atoms with Crippen LogP contribution in [0, 0.1) is 0 Å². The van der Waals surface area contributed by atoms with Gasteiger partial charge in [-0.05, 0) is 71.8 Å². The van der Waals surface area contributed by atoms with Gasteiger partial charge in [-0.25, -0.2) is 0 Å². The summed E-state index contributed by atoms with van der Waals surface area (Å²) >= 11 is 0. The Morgan fingerprint density at radius 1 is 0.791 bits per heavy atom. The second-order valence-corrected chi connectivity index (χ2v) is 10.9. The van der Waals surface area contributed by atoms with Crippen LogP contribution in [0.25, 0.3) is 0 Å². The summed E-state index contributed by atoms with van der Waals surface area (Å²) in [5, 5.41) is 0. The first-order valence-electron chi connectivity index (χ1n) is 14.0. The molecule has 0 radical (unpaired) electrons. The van der Waals surface area contributed by atoms with Gasteiger partial charge in [0.1, 0.15) is 33.8 Å². The molecule has 4 aromatic rings. The van der Waals surface area contributed by atoms with Crippen LogP contribution >= 0.6 is 0 Å². The van der Waals surface area contributed by atoms with Crippen LogP contribution in [0.5, 0.6) is 23.0 Å². The highest BCUT2D eigenvalue weighted by Gasteiger charge is 2.56. The van der Waals surface area contributed by atoms with Gasteiger partial charge in [-0.15, -0.1) is 6.58 Å². The number of carbonyl (C=O) groups excluding carboxylic acids is 2. The molecule has 6 heteroatoms. The molecule has 3 unspecified atom stereocenters. The highest BCUT2D eigenvalue weighted by molar-refractivity contribution is 5.96. The van der Waals surface area contributed by atoms with Gasteiger partial charge in [0, 0.05) is 11.1 Å². The second-order valence-electron chi connectivity index (χ2n) is 10.9. The number of benzene rings is 4. The van der Waals surface area contributed by atoms with Crippen LogP contribution in [0.4, 0.5) is 0 Å². The Labute approximate surface area is 252 Å². The van der Waals surface area contributed by atoms with Crippen LogP contribution in [0.2, 0.25) is 0 Å². The lowest BCUT2D eigenvalue weighted by Gasteiger charge is -2.25. The molecule has 1 aliphatic carbocycles. The second kappa shape index (κ2) is 11.4. The molecule has 2 aliphatic heterocycles. The smallest absolute Gasteiger partial charge is 0.326 e. The highest BCUT2D eigenvalue weighted by atomic mass is 16.5. The van der Waals surface area contributed by atoms with Crippen molar-refractivity contribution in [3.8, 4) is 23.0 Å². The minimum atomic E-state index is -0.840. The van der Waals surface area contributed by atoms with E-state index in [1.807, 2.05) is 66.7 Å². The summed E-state index contributed by atoms with van der Waals surface area (Å²) in [5.74, 6) is 2.61. The predicted octanol–water partition coefficient (Wildman–Crippen LogP) is 7.52. The van der Waals surface area contributed by atoms with E-state index in [4.69, 9.17) is 18.9 Å². The van der Waals surface area contributed by atoms with E-state index in [2.05, 4.69) is 25.6 Å². The van der Waals surface area contributed by atoms with E-state index in [0.717, 1.165) is 34.4 Å². The van der Waals surface area contributed by atoms with Crippen molar-refractivity contribution in [1.29, 1.82) is 0 Å². The standard InChI is InChI=1S/2C18H16O3.CH4/c1-11-10-18(14-6-4-3-5-13(11)14)15-9-12(20-2)7-8-16(15)21-17(18)19;1-3-11-18(13-7-5-4-6-8-13)15-12-14(20-2)9-10-16(15)21-17(18)19;/h3-9,11H,10H2,1-2H3;3-10,12H,1,11H2,2H3;1H4. The molecule has 1 spiro atoms. The third-order valence-electron chi connectivity index (χ3n) is 8.68. The molecule has 0 amide bonds. The third-order valence-corrected chi connectivity index (χ3v) is 8.68. The topological polar surface area (TPSA) is 71.1 Å². The van der Waals surface area contributed by atoms with Crippen LogP contribution < -0.4 is 18.9 Å². The first-order chi connectivity index (χ1) is 20.4. The molecule has 4 aromatic carbocycles. The molecule has 0 N–H and O–H groups in total. The number of hydrogen-bond acceptors (Lipinski definition) is 6. The lowest BCUT2D eigenvalue weighted by atomic mass is 9.73. The zero-order chi connectivity index (χ0) is 29.5. The Balaban J connectivity index is 0.000000167. The van der Waals surface area contributed by atoms with Gasteiger partial charge in [0.05, 0.1) is 14.2 Å². The molecule has 7 rings (SSSR count). The van der Waals surface area contributed by atoms with Crippen LogP contribution in [-0.4, -0.2) is 26.2 Å². The van der Waals surface area contributed by atoms with Gasteiger partial charge in [0.15, 0.2) is 0 Å². The quantitative estimate of drug-likeness (QED) is 0.139. The number of allylic oxidation sites excluding steroid dienone is 1. The average Bonchev–Trinajstić information content (AvgIpc) is 3.60. The van der Waals surface area contributed by atoms with Crippen molar-refractivity contribution in [2.45, 2.75) is 43.9 Å². The molecular formula is C37H36O6. The first kappa shape index (κ1) is 29.6.